The molecule has 344 valence electrons. The molecule has 1 aliphatic rings. The molecule has 1 fully saturated rings. The number of phosphoric ester groups is 1. The van der Waals surface area contributed by atoms with Crippen molar-refractivity contribution in [1.82, 2.24) is 0 Å². The second-order valence-electron chi connectivity index (χ2n) is 17.4. The van der Waals surface area contributed by atoms with Gasteiger partial charge in [0.25, 0.3) is 0 Å². The van der Waals surface area contributed by atoms with Crippen LogP contribution in [0, 0.1) is 11.8 Å². The number of ether oxygens (including phenoxy) is 2. The highest BCUT2D eigenvalue weighted by Crippen LogP contribution is 2.43. The molecule has 13 heteroatoms. The molecule has 1 rings (SSSR count). The monoisotopic (exact) mass is 859 g/mol. The molecule has 0 aromatic carbocycles. The fourth-order valence-corrected chi connectivity index (χ4v) is 7.74. The summed E-state index contributed by atoms with van der Waals surface area (Å²) in [5.74, 6) is -1.42. The van der Waals surface area contributed by atoms with Crippen LogP contribution in [0.15, 0.2) is 36.5 Å². The lowest BCUT2D eigenvalue weighted by Crippen LogP contribution is -2.37. The van der Waals surface area contributed by atoms with Crippen LogP contribution < -0.4 is 0 Å². The Kier molecular flexibility index (Phi) is 31.5. The van der Waals surface area contributed by atoms with Gasteiger partial charge < -0.3 is 34.2 Å². The van der Waals surface area contributed by atoms with E-state index in [0.29, 0.717) is 43.1 Å². The van der Waals surface area contributed by atoms with Gasteiger partial charge in [0.1, 0.15) is 19.8 Å². The predicted molar refractivity (Wildman–Crippen MR) is 235 cm³/mol. The van der Waals surface area contributed by atoms with Gasteiger partial charge in [0.15, 0.2) is 6.10 Å². The number of likely N-dealkylation sites (N-methyl/N-ethyl adjacent to an activating group) is 1. The van der Waals surface area contributed by atoms with Crippen LogP contribution in [0.3, 0.4) is 0 Å². The van der Waals surface area contributed by atoms with Crippen LogP contribution >= 0.6 is 7.82 Å². The van der Waals surface area contributed by atoms with Crippen molar-refractivity contribution in [3.63, 3.8) is 0 Å². The minimum absolute atomic E-state index is 0.0138. The van der Waals surface area contributed by atoms with Crippen LogP contribution in [-0.2, 0) is 32.7 Å². The molecule has 1 unspecified atom stereocenters. The number of carbonyl (C=O) groups is 2. The molecule has 0 aromatic heterocycles. The van der Waals surface area contributed by atoms with Crippen LogP contribution in [0.2, 0.25) is 0 Å². The molecule has 0 amide bonds. The predicted octanol–water partition coefficient (Wildman–Crippen LogP) is 9.29. The lowest BCUT2D eigenvalue weighted by atomic mass is 9.89. The SMILES string of the molecule is CCCCCCCC/C=C\CCCCCCCC(=O)OC[C@H](COP(=O)(O)OCC[N+](C)(C)C)OC(=O)CCC/C=C/C[C@@H]1[C@@H](/C=C/[C@@H](O)CCCCC)[C@H](O)C[C@@H]1O. The second kappa shape index (κ2) is 33.7. The average Bonchev–Trinajstić information content (AvgIpc) is 3.44. The maximum Gasteiger partial charge on any atom is 0.472 e. The Balaban J connectivity index is 2.51. The molecule has 0 radical (unpaired) electrons. The van der Waals surface area contributed by atoms with Gasteiger partial charge in [0.2, 0.25) is 0 Å². The molecule has 0 heterocycles. The smallest absolute Gasteiger partial charge is 0.462 e. The number of allylic oxidation sites excluding steroid dienone is 4. The lowest BCUT2D eigenvalue weighted by molar-refractivity contribution is -0.870. The molecule has 0 bridgehead atoms. The number of esters is 2. The number of nitrogens with zero attached hydrogens (tertiary/aromatic N) is 1. The summed E-state index contributed by atoms with van der Waals surface area (Å²) in [7, 11) is 1.32. The van der Waals surface area contributed by atoms with E-state index in [9.17, 15) is 34.4 Å². The summed E-state index contributed by atoms with van der Waals surface area (Å²) < 4.78 is 34.3. The first-order valence-corrected chi connectivity index (χ1v) is 24.5. The third kappa shape index (κ3) is 30.7. The Morgan fingerprint density at radius 2 is 1.31 bits per heavy atom. The Bertz CT molecular complexity index is 1220. The summed E-state index contributed by atoms with van der Waals surface area (Å²) in [5, 5.41) is 31.4. The Morgan fingerprint density at radius 3 is 1.97 bits per heavy atom. The number of phosphoric acid groups is 1. The van der Waals surface area contributed by atoms with Crippen molar-refractivity contribution >= 4 is 19.8 Å². The highest BCUT2D eigenvalue weighted by atomic mass is 31.2. The zero-order chi connectivity index (χ0) is 43.8. The lowest BCUT2D eigenvalue weighted by Gasteiger charge is -2.24. The van der Waals surface area contributed by atoms with E-state index < -0.39 is 50.8 Å². The zero-order valence-corrected chi connectivity index (χ0v) is 38.5. The molecule has 1 saturated carbocycles. The van der Waals surface area contributed by atoms with E-state index in [2.05, 4.69) is 26.0 Å². The molecule has 59 heavy (non-hydrogen) atoms. The first-order chi connectivity index (χ1) is 28.2. The quantitative estimate of drug-likeness (QED) is 0.0154. The minimum Gasteiger partial charge on any atom is -0.462 e. The molecule has 12 nitrogen and oxygen atoms in total. The summed E-state index contributed by atoms with van der Waals surface area (Å²) in [6, 6.07) is 0. The molecule has 0 saturated heterocycles. The number of hydrogen-bond donors (Lipinski definition) is 4. The first-order valence-electron chi connectivity index (χ1n) is 23.0. The molecule has 0 spiro atoms. The van der Waals surface area contributed by atoms with Gasteiger partial charge in [-0.3, -0.25) is 18.6 Å². The van der Waals surface area contributed by atoms with E-state index in [0.717, 1.165) is 57.8 Å². The normalized spacial score (nSPS) is 20.8. The van der Waals surface area contributed by atoms with Crippen molar-refractivity contribution in [2.24, 2.45) is 11.8 Å². The molecule has 7 atom stereocenters. The van der Waals surface area contributed by atoms with Crippen molar-refractivity contribution in [3.05, 3.63) is 36.5 Å². The van der Waals surface area contributed by atoms with E-state index in [1.807, 2.05) is 39.4 Å². The molecule has 1 aliphatic carbocycles. The maximum atomic E-state index is 12.8. The number of carbonyl (C=O) groups excluding carboxylic acids is 2. The van der Waals surface area contributed by atoms with E-state index in [4.69, 9.17) is 18.5 Å². The van der Waals surface area contributed by atoms with E-state index in [1.54, 1.807) is 6.08 Å². The molecular weight excluding hydrogens is 773 g/mol. The van der Waals surface area contributed by atoms with Crippen molar-refractivity contribution in [3.8, 4) is 0 Å². The molecule has 4 N–H and O–H groups in total. The van der Waals surface area contributed by atoms with Gasteiger partial charge in [0, 0.05) is 25.2 Å². The molecule has 0 aromatic rings. The standard InChI is InChI=1S/C46H84NO11P/c1-6-8-10-11-12-13-14-15-16-17-18-19-20-21-26-30-45(51)55-37-40(38-57-59(53,54)56-35-34-47(3,4)5)58-46(52)31-27-23-22-25-29-41-42(44(50)36-43(41)49)33-32-39(48)28-24-9-7-2/h15-16,22,25,32-33,39-44,48-50H,6-14,17-21,23-24,26-31,34-38H2,1-5H3/p+1/b16-15-,25-22+,33-32+/t39-,40+,41+,42+,43-,44+/m0/s1. The topological polar surface area (TPSA) is 169 Å². The van der Waals surface area contributed by atoms with Crippen LogP contribution in [0.25, 0.3) is 0 Å². The summed E-state index contributed by atoms with van der Waals surface area (Å²) >= 11 is 0. The Hall–Kier alpha value is -1.89. The van der Waals surface area contributed by atoms with Crippen LogP contribution in [0.1, 0.15) is 162 Å². The fourth-order valence-electron chi connectivity index (χ4n) is 7.00. The molecule has 0 aliphatic heterocycles. The third-order valence-electron chi connectivity index (χ3n) is 10.7. The van der Waals surface area contributed by atoms with E-state index >= 15 is 0 Å². The van der Waals surface area contributed by atoms with Crippen molar-refractivity contribution < 1.29 is 57.4 Å². The number of quaternary nitrogens is 1. The fraction of sp³-hybridized carbons (Fsp3) is 0.826. The first kappa shape index (κ1) is 55.1. The Labute approximate surface area is 358 Å². The van der Waals surface area contributed by atoms with Crippen LogP contribution in [0.4, 0.5) is 0 Å². The number of hydrogen-bond acceptors (Lipinski definition) is 10. The van der Waals surface area contributed by atoms with E-state index in [1.165, 1.54) is 38.5 Å². The highest BCUT2D eigenvalue weighted by Gasteiger charge is 2.39. The average molecular weight is 859 g/mol. The summed E-state index contributed by atoms with van der Waals surface area (Å²) in [4.78, 5) is 35.6. The summed E-state index contributed by atoms with van der Waals surface area (Å²) in [6.45, 7) is 4.02. The van der Waals surface area contributed by atoms with Crippen molar-refractivity contribution in [2.75, 3.05) is 47.5 Å². The van der Waals surface area contributed by atoms with Gasteiger partial charge in [-0.25, -0.2) is 4.57 Å². The van der Waals surface area contributed by atoms with Crippen LogP contribution in [-0.4, -0.2) is 109 Å². The number of rotatable bonds is 37. The second-order valence-corrected chi connectivity index (χ2v) is 18.9. The zero-order valence-electron chi connectivity index (χ0n) is 37.6. The minimum atomic E-state index is -4.45. The van der Waals surface area contributed by atoms with Gasteiger partial charge in [-0.2, -0.15) is 0 Å². The highest BCUT2D eigenvalue weighted by molar-refractivity contribution is 7.47. The number of unbranched alkanes of at least 4 members (excludes halogenated alkanes) is 14. The van der Waals surface area contributed by atoms with Crippen LogP contribution in [0.5, 0.6) is 0 Å². The Morgan fingerprint density at radius 1 is 0.729 bits per heavy atom. The summed E-state index contributed by atoms with van der Waals surface area (Å²) in [5.41, 5.74) is 0. The van der Waals surface area contributed by atoms with Crippen molar-refractivity contribution in [2.45, 2.75) is 186 Å². The third-order valence-corrected chi connectivity index (χ3v) is 11.7. The van der Waals surface area contributed by atoms with Gasteiger partial charge in [-0.05, 0) is 63.7 Å². The number of aliphatic hydroxyl groups is 3. The van der Waals surface area contributed by atoms with Gasteiger partial charge in [-0.1, -0.05) is 121 Å². The maximum absolute atomic E-state index is 12.8. The van der Waals surface area contributed by atoms with Gasteiger partial charge in [0.05, 0.1) is 46.1 Å². The number of aliphatic hydroxyl groups excluding tert-OH is 3. The summed E-state index contributed by atoms with van der Waals surface area (Å²) in [6.07, 6.45) is 30.0. The van der Waals surface area contributed by atoms with Gasteiger partial charge in [-0.15, -0.1) is 0 Å². The largest absolute Gasteiger partial charge is 0.472 e. The van der Waals surface area contributed by atoms with E-state index in [-0.39, 0.29) is 44.3 Å². The molecular formula is C46H85NO11P+. The van der Waals surface area contributed by atoms with Crippen molar-refractivity contribution in [1.29, 1.82) is 0 Å². The van der Waals surface area contributed by atoms with Gasteiger partial charge >= 0.3 is 19.8 Å².